The predicted molar refractivity (Wildman–Crippen MR) is 71.4 cm³/mol. The summed E-state index contributed by atoms with van der Waals surface area (Å²) in [6.45, 7) is 8.40. The second-order valence-corrected chi connectivity index (χ2v) is 5.20. The molecule has 0 amide bonds. The summed E-state index contributed by atoms with van der Waals surface area (Å²) in [5, 5.41) is 3.48. The van der Waals surface area contributed by atoms with Crippen LogP contribution in [0.5, 0.6) is 0 Å². The summed E-state index contributed by atoms with van der Waals surface area (Å²) in [6, 6.07) is 4.99. The van der Waals surface area contributed by atoms with Crippen molar-refractivity contribution >= 4 is 0 Å². The Balaban J connectivity index is 2.36. The van der Waals surface area contributed by atoms with Crippen LogP contribution in [0.25, 0.3) is 0 Å². The Hall–Kier alpha value is -0.860. The van der Waals surface area contributed by atoms with Gasteiger partial charge in [-0.25, -0.2) is 0 Å². The molecule has 94 valence electrons. The number of hydrogen-bond acceptors (Lipinski definition) is 2. The maximum atomic E-state index is 5.52. The lowest BCUT2D eigenvalue weighted by atomic mass is 9.86. The zero-order valence-corrected chi connectivity index (χ0v) is 11.3. The van der Waals surface area contributed by atoms with Crippen LogP contribution in [-0.2, 0) is 4.74 Å². The number of rotatable bonds is 3. The second kappa shape index (κ2) is 5.19. The van der Waals surface area contributed by atoms with E-state index in [0.29, 0.717) is 12.0 Å². The van der Waals surface area contributed by atoms with Gasteiger partial charge >= 0.3 is 0 Å². The lowest BCUT2D eigenvalue weighted by Crippen LogP contribution is -2.27. The van der Waals surface area contributed by atoms with E-state index in [1.807, 2.05) is 0 Å². The molecule has 0 spiro atoms. The van der Waals surface area contributed by atoms with Crippen LogP contribution in [0.15, 0.2) is 12.1 Å². The highest BCUT2D eigenvalue weighted by Gasteiger charge is 2.27. The maximum Gasteiger partial charge on any atom is 0.0513 e. The number of nitrogens with one attached hydrogen (secondary N) is 1. The molecular weight excluding hydrogens is 210 g/mol. The molecular formula is C15H23NO. The second-order valence-electron chi connectivity index (χ2n) is 5.20. The molecule has 1 fully saturated rings. The molecule has 2 nitrogen and oxygen atoms in total. The van der Waals surface area contributed by atoms with E-state index in [4.69, 9.17) is 4.74 Å². The fourth-order valence-electron chi connectivity index (χ4n) is 3.11. The van der Waals surface area contributed by atoms with Crippen molar-refractivity contribution < 1.29 is 4.74 Å². The minimum Gasteiger partial charge on any atom is -0.381 e. The van der Waals surface area contributed by atoms with Crippen molar-refractivity contribution in [2.24, 2.45) is 5.92 Å². The molecule has 2 heteroatoms. The number of hydrogen-bond donors (Lipinski definition) is 1. The first-order valence-electron chi connectivity index (χ1n) is 6.46. The molecule has 0 radical (unpaired) electrons. The minimum absolute atomic E-state index is 0.429. The predicted octanol–water partition coefficient (Wildman–Crippen LogP) is 2.91. The summed E-state index contributed by atoms with van der Waals surface area (Å²) < 4.78 is 5.52. The van der Waals surface area contributed by atoms with Gasteiger partial charge in [-0.2, -0.15) is 0 Å². The molecule has 0 aromatic heterocycles. The average molecular weight is 233 g/mol. The van der Waals surface area contributed by atoms with Crippen LogP contribution in [0, 0.1) is 26.7 Å². The molecule has 2 atom stereocenters. The Morgan fingerprint density at radius 3 is 2.35 bits per heavy atom. The normalized spacial score (nSPS) is 21.8. The van der Waals surface area contributed by atoms with Crippen molar-refractivity contribution in [1.82, 2.24) is 5.32 Å². The van der Waals surface area contributed by atoms with E-state index < -0.39 is 0 Å². The summed E-state index contributed by atoms with van der Waals surface area (Å²) in [5.74, 6) is 0.611. The van der Waals surface area contributed by atoms with Crippen molar-refractivity contribution in [3.8, 4) is 0 Å². The monoisotopic (exact) mass is 233 g/mol. The van der Waals surface area contributed by atoms with Gasteiger partial charge in [0.15, 0.2) is 0 Å². The first-order chi connectivity index (χ1) is 8.13. The van der Waals surface area contributed by atoms with Crippen LogP contribution in [-0.4, -0.2) is 20.3 Å². The van der Waals surface area contributed by atoms with E-state index in [9.17, 15) is 0 Å². The Morgan fingerprint density at radius 1 is 1.24 bits per heavy atom. The lowest BCUT2D eigenvalue weighted by molar-refractivity contribution is 0.177. The van der Waals surface area contributed by atoms with Crippen molar-refractivity contribution in [3.63, 3.8) is 0 Å². The van der Waals surface area contributed by atoms with Crippen molar-refractivity contribution in [2.75, 3.05) is 20.3 Å². The Morgan fingerprint density at radius 2 is 1.88 bits per heavy atom. The third kappa shape index (κ3) is 2.53. The molecule has 0 aliphatic carbocycles. The maximum absolute atomic E-state index is 5.52. The smallest absolute Gasteiger partial charge is 0.0513 e. The van der Waals surface area contributed by atoms with E-state index in [1.165, 1.54) is 22.3 Å². The molecule has 1 aromatic rings. The van der Waals surface area contributed by atoms with E-state index in [0.717, 1.165) is 19.6 Å². The molecule has 2 rings (SSSR count). The van der Waals surface area contributed by atoms with Gasteiger partial charge in [0.05, 0.1) is 6.61 Å². The van der Waals surface area contributed by atoms with E-state index in [-0.39, 0.29) is 0 Å². The standard InChI is InChI=1S/C15H23NO/c1-10-7-11(2)14(12(3)8-10)15(16-4)13-5-6-17-9-13/h7-8,13,15-16H,5-6,9H2,1-4H3. The number of ether oxygens (including phenoxy) is 1. The van der Waals surface area contributed by atoms with Crippen LogP contribution in [0.2, 0.25) is 0 Å². The number of benzene rings is 1. The van der Waals surface area contributed by atoms with Gasteiger partial charge in [-0.3, -0.25) is 0 Å². The Bertz CT molecular complexity index is 371. The summed E-state index contributed by atoms with van der Waals surface area (Å²) >= 11 is 0. The van der Waals surface area contributed by atoms with Gasteiger partial charge in [0.2, 0.25) is 0 Å². The van der Waals surface area contributed by atoms with Gasteiger partial charge < -0.3 is 10.1 Å². The molecule has 0 saturated carbocycles. The zero-order chi connectivity index (χ0) is 12.4. The first kappa shape index (κ1) is 12.6. The highest BCUT2D eigenvalue weighted by Crippen LogP contribution is 2.32. The van der Waals surface area contributed by atoms with Gasteiger partial charge in [-0.1, -0.05) is 17.7 Å². The highest BCUT2D eigenvalue weighted by atomic mass is 16.5. The first-order valence-corrected chi connectivity index (χ1v) is 6.46. The van der Waals surface area contributed by atoms with Gasteiger partial charge in [-0.05, 0) is 50.9 Å². The van der Waals surface area contributed by atoms with Crippen LogP contribution >= 0.6 is 0 Å². The fourth-order valence-corrected chi connectivity index (χ4v) is 3.11. The third-order valence-corrected chi connectivity index (χ3v) is 3.80. The van der Waals surface area contributed by atoms with Gasteiger partial charge in [0.25, 0.3) is 0 Å². The highest BCUT2D eigenvalue weighted by molar-refractivity contribution is 5.40. The average Bonchev–Trinajstić information content (AvgIpc) is 2.76. The molecule has 1 aliphatic heterocycles. The zero-order valence-electron chi connectivity index (χ0n) is 11.3. The molecule has 1 heterocycles. The summed E-state index contributed by atoms with van der Waals surface area (Å²) in [6.07, 6.45) is 1.16. The van der Waals surface area contributed by atoms with Crippen molar-refractivity contribution in [2.45, 2.75) is 33.2 Å². The molecule has 1 saturated heterocycles. The van der Waals surface area contributed by atoms with Gasteiger partial charge in [0, 0.05) is 18.6 Å². The van der Waals surface area contributed by atoms with E-state index in [2.05, 4.69) is 45.3 Å². The molecule has 17 heavy (non-hydrogen) atoms. The van der Waals surface area contributed by atoms with Crippen LogP contribution in [0.4, 0.5) is 0 Å². The lowest BCUT2D eigenvalue weighted by Gasteiger charge is -2.26. The quantitative estimate of drug-likeness (QED) is 0.866. The molecule has 1 aliphatic rings. The minimum atomic E-state index is 0.429. The van der Waals surface area contributed by atoms with Gasteiger partial charge in [-0.15, -0.1) is 0 Å². The van der Waals surface area contributed by atoms with Crippen LogP contribution in [0.3, 0.4) is 0 Å². The van der Waals surface area contributed by atoms with Crippen molar-refractivity contribution in [3.05, 3.63) is 34.4 Å². The van der Waals surface area contributed by atoms with E-state index >= 15 is 0 Å². The van der Waals surface area contributed by atoms with Crippen molar-refractivity contribution in [1.29, 1.82) is 0 Å². The topological polar surface area (TPSA) is 21.3 Å². The SMILES string of the molecule is CNC(c1c(C)cc(C)cc1C)C1CCOC1. The number of aryl methyl sites for hydroxylation is 3. The molecule has 0 bridgehead atoms. The molecule has 2 unspecified atom stereocenters. The Labute approximate surface area is 104 Å². The van der Waals surface area contributed by atoms with Crippen LogP contribution in [0.1, 0.15) is 34.7 Å². The van der Waals surface area contributed by atoms with E-state index in [1.54, 1.807) is 0 Å². The summed E-state index contributed by atoms with van der Waals surface area (Å²) in [5.41, 5.74) is 5.61. The summed E-state index contributed by atoms with van der Waals surface area (Å²) in [4.78, 5) is 0. The fraction of sp³-hybridized carbons (Fsp3) is 0.600. The third-order valence-electron chi connectivity index (χ3n) is 3.80. The summed E-state index contributed by atoms with van der Waals surface area (Å²) in [7, 11) is 2.06. The molecule has 1 N–H and O–H groups in total. The largest absolute Gasteiger partial charge is 0.381 e. The van der Waals surface area contributed by atoms with Gasteiger partial charge in [0.1, 0.15) is 0 Å². The Kier molecular flexibility index (Phi) is 3.85. The molecule has 1 aromatic carbocycles. The van der Waals surface area contributed by atoms with Crippen LogP contribution < -0.4 is 5.32 Å².